The van der Waals surface area contributed by atoms with Crippen molar-refractivity contribution in [3.05, 3.63) is 59.2 Å². The summed E-state index contributed by atoms with van der Waals surface area (Å²) in [4.78, 5) is 11.3. The Hall–Kier alpha value is -2.49. The number of nitrogens with one attached hydrogen (secondary N) is 1. The van der Waals surface area contributed by atoms with Gasteiger partial charge in [-0.3, -0.25) is 0 Å². The molecule has 20 heavy (non-hydrogen) atoms. The molecule has 0 heterocycles. The van der Waals surface area contributed by atoms with Gasteiger partial charge in [0.1, 0.15) is 0 Å². The average molecular weight is 268 g/mol. The van der Waals surface area contributed by atoms with Crippen LogP contribution in [0.1, 0.15) is 21.5 Å². The molecule has 102 valence electrons. The predicted molar refractivity (Wildman–Crippen MR) is 79.1 cm³/mol. The van der Waals surface area contributed by atoms with Crippen molar-refractivity contribution < 1.29 is 9.90 Å². The summed E-state index contributed by atoms with van der Waals surface area (Å²) in [6.07, 6.45) is 1.83. The lowest BCUT2D eigenvalue weighted by Crippen LogP contribution is -2.21. The molecule has 0 radical (unpaired) electrons. The van der Waals surface area contributed by atoms with E-state index in [4.69, 9.17) is 5.73 Å². The first-order valence-electron chi connectivity index (χ1n) is 6.59. The summed E-state index contributed by atoms with van der Waals surface area (Å²) in [7, 11) is 0. The monoisotopic (exact) mass is 268 g/mol. The Labute approximate surface area is 117 Å². The highest BCUT2D eigenvalue weighted by Gasteiger charge is 2.22. The van der Waals surface area contributed by atoms with Crippen LogP contribution in [0.2, 0.25) is 0 Å². The number of rotatable bonds is 3. The molecule has 0 saturated carbocycles. The summed E-state index contributed by atoms with van der Waals surface area (Å²) >= 11 is 0. The van der Waals surface area contributed by atoms with Crippen LogP contribution in [0.5, 0.6) is 0 Å². The van der Waals surface area contributed by atoms with E-state index < -0.39 is 5.97 Å². The summed E-state index contributed by atoms with van der Waals surface area (Å²) in [6, 6.07) is 13.5. The quantitative estimate of drug-likeness (QED) is 0.748. The lowest BCUT2D eigenvalue weighted by Gasteiger charge is -2.16. The van der Waals surface area contributed by atoms with Gasteiger partial charge in [0.05, 0.1) is 5.56 Å². The van der Waals surface area contributed by atoms with Crippen LogP contribution in [0.25, 0.3) is 0 Å². The second-order valence-corrected chi connectivity index (χ2v) is 5.13. The molecule has 4 N–H and O–H groups in total. The largest absolute Gasteiger partial charge is 0.478 e. The maximum Gasteiger partial charge on any atom is 0.337 e. The Morgan fingerprint density at radius 1 is 1.15 bits per heavy atom. The molecular formula is C16H16N2O2. The SMILES string of the molecule is Nc1ccc(NC2Cc3ccccc3C2)c(C(=O)O)c1. The van der Waals surface area contributed by atoms with Gasteiger partial charge in [0.2, 0.25) is 0 Å². The lowest BCUT2D eigenvalue weighted by molar-refractivity contribution is 0.0698. The summed E-state index contributed by atoms with van der Waals surface area (Å²) < 4.78 is 0. The summed E-state index contributed by atoms with van der Waals surface area (Å²) in [5.74, 6) is -0.963. The number of anilines is 2. The van der Waals surface area contributed by atoms with Crippen molar-refractivity contribution in [2.24, 2.45) is 0 Å². The first kappa shape index (κ1) is 12.5. The Balaban J connectivity index is 1.82. The fourth-order valence-electron chi connectivity index (χ4n) is 2.75. The van der Waals surface area contributed by atoms with Gasteiger partial charge in [-0.25, -0.2) is 4.79 Å². The minimum Gasteiger partial charge on any atom is -0.478 e. The van der Waals surface area contributed by atoms with Gasteiger partial charge >= 0.3 is 5.97 Å². The van der Waals surface area contributed by atoms with Crippen molar-refractivity contribution in [2.75, 3.05) is 11.1 Å². The highest BCUT2D eigenvalue weighted by molar-refractivity contribution is 5.95. The molecule has 0 saturated heterocycles. The van der Waals surface area contributed by atoms with Crippen molar-refractivity contribution in [2.45, 2.75) is 18.9 Å². The maximum atomic E-state index is 11.3. The van der Waals surface area contributed by atoms with E-state index in [0.29, 0.717) is 11.4 Å². The molecule has 0 aromatic heterocycles. The number of carboxylic acid groups (broad SMARTS) is 1. The molecule has 2 aromatic carbocycles. The van der Waals surface area contributed by atoms with Gasteiger partial charge in [0, 0.05) is 17.4 Å². The molecule has 0 amide bonds. The zero-order chi connectivity index (χ0) is 14.1. The summed E-state index contributed by atoms with van der Waals surface area (Å²) in [6.45, 7) is 0. The van der Waals surface area contributed by atoms with Gasteiger partial charge in [-0.15, -0.1) is 0 Å². The van der Waals surface area contributed by atoms with Crippen LogP contribution in [0, 0.1) is 0 Å². The topological polar surface area (TPSA) is 75.3 Å². The van der Waals surface area contributed by atoms with Crippen molar-refractivity contribution >= 4 is 17.3 Å². The van der Waals surface area contributed by atoms with E-state index in [-0.39, 0.29) is 11.6 Å². The molecule has 0 fully saturated rings. The fourth-order valence-corrected chi connectivity index (χ4v) is 2.75. The van der Waals surface area contributed by atoms with Gasteiger partial charge in [-0.1, -0.05) is 24.3 Å². The fraction of sp³-hybridized carbons (Fsp3) is 0.188. The molecular weight excluding hydrogens is 252 g/mol. The molecule has 0 unspecified atom stereocenters. The van der Waals surface area contributed by atoms with E-state index in [9.17, 15) is 9.90 Å². The van der Waals surface area contributed by atoms with Crippen molar-refractivity contribution in [3.63, 3.8) is 0 Å². The summed E-state index contributed by atoms with van der Waals surface area (Å²) in [5.41, 5.74) is 9.63. The zero-order valence-corrected chi connectivity index (χ0v) is 11.0. The molecule has 4 nitrogen and oxygen atoms in total. The third kappa shape index (κ3) is 2.32. The van der Waals surface area contributed by atoms with Gasteiger partial charge in [0.15, 0.2) is 0 Å². The highest BCUT2D eigenvalue weighted by atomic mass is 16.4. The molecule has 4 heteroatoms. The standard InChI is InChI=1S/C16H16N2O2/c17-12-5-6-15(14(9-12)16(19)20)18-13-7-10-3-1-2-4-11(10)8-13/h1-6,9,13,18H,7-8,17H2,(H,19,20). The van der Waals surface area contributed by atoms with Gasteiger partial charge < -0.3 is 16.2 Å². The molecule has 2 aromatic rings. The molecule has 0 atom stereocenters. The number of benzene rings is 2. The average Bonchev–Trinajstić information content (AvgIpc) is 2.82. The minimum absolute atomic E-state index is 0.223. The van der Waals surface area contributed by atoms with Crippen LogP contribution in [0.15, 0.2) is 42.5 Å². The Bertz CT molecular complexity index is 642. The van der Waals surface area contributed by atoms with Gasteiger partial charge in [-0.05, 0) is 42.2 Å². The minimum atomic E-state index is -0.963. The van der Waals surface area contributed by atoms with E-state index in [1.54, 1.807) is 12.1 Å². The van der Waals surface area contributed by atoms with E-state index >= 15 is 0 Å². The van der Waals surface area contributed by atoms with Crippen LogP contribution in [0.4, 0.5) is 11.4 Å². The number of nitrogens with two attached hydrogens (primary N) is 1. The number of carbonyl (C=O) groups is 1. The van der Waals surface area contributed by atoms with Crippen molar-refractivity contribution in [1.29, 1.82) is 0 Å². The number of aromatic carboxylic acids is 1. The molecule has 0 bridgehead atoms. The third-order valence-corrected chi connectivity index (χ3v) is 3.68. The first-order chi connectivity index (χ1) is 9.63. The summed E-state index contributed by atoms with van der Waals surface area (Å²) in [5, 5.41) is 12.6. The lowest BCUT2D eigenvalue weighted by atomic mass is 10.1. The number of fused-ring (bicyclic) bond motifs is 1. The first-order valence-corrected chi connectivity index (χ1v) is 6.59. The second-order valence-electron chi connectivity index (χ2n) is 5.13. The number of carboxylic acids is 1. The van der Waals surface area contributed by atoms with Crippen LogP contribution >= 0.6 is 0 Å². The molecule has 1 aliphatic carbocycles. The van der Waals surface area contributed by atoms with Crippen LogP contribution < -0.4 is 11.1 Å². The molecule has 0 spiro atoms. The second kappa shape index (κ2) is 4.89. The molecule has 0 aliphatic heterocycles. The predicted octanol–water partition coefficient (Wildman–Crippen LogP) is 2.55. The van der Waals surface area contributed by atoms with Gasteiger partial charge in [0.25, 0.3) is 0 Å². The van der Waals surface area contributed by atoms with E-state index in [1.165, 1.54) is 17.2 Å². The maximum absolute atomic E-state index is 11.3. The molecule has 3 rings (SSSR count). The smallest absolute Gasteiger partial charge is 0.337 e. The van der Waals surface area contributed by atoms with Crippen LogP contribution in [-0.4, -0.2) is 17.1 Å². The number of hydrogen-bond acceptors (Lipinski definition) is 3. The number of hydrogen-bond donors (Lipinski definition) is 3. The Morgan fingerprint density at radius 2 is 1.80 bits per heavy atom. The highest BCUT2D eigenvalue weighted by Crippen LogP contribution is 2.26. The van der Waals surface area contributed by atoms with Gasteiger partial charge in [-0.2, -0.15) is 0 Å². The van der Waals surface area contributed by atoms with Crippen LogP contribution in [0.3, 0.4) is 0 Å². The van der Waals surface area contributed by atoms with Crippen LogP contribution in [-0.2, 0) is 12.8 Å². The Morgan fingerprint density at radius 3 is 2.40 bits per heavy atom. The van der Waals surface area contributed by atoms with Crippen molar-refractivity contribution in [1.82, 2.24) is 0 Å². The van der Waals surface area contributed by atoms with Crippen molar-refractivity contribution in [3.8, 4) is 0 Å². The Kier molecular flexibility index (Phi) is 3.06. The van der Waals surface area contributed by atoms with E-state index in [2.05, 4.69) is 17.4 Å². The van der Waals surface area contributed by atoms with E-state index in [0.717, 1.165) is 12.8 Å². The normalized spacial score (nSPS) is 14.0. The number of nitrogen functional groups attached to an aromatic ring is 1. The third-order valence-electron chi connectivity index (χ3n) is 3.68. The molecule has 1 aliphatic rings. The van der Waals surface area contributed by atoms with E-state index in [1.807, 2.05) is 12.1 Å². The zero-order valence-electron chi connectivity index (χ0n) is 11.0.